The van der Waals surface area contributed by atoms with Gasteiger partial charge in [-0.2, -0.15) is 13.2 Å². The molecule has 1 saturated heterocycles. The third-order valence-corrected chi connectivity index (χ3v) is 5.78. The summed E-state index contributed by atoms with van der Waals surface area (Å²) in [5.74, 6) is -2.17. The summed E-state index contributed by atoms with van der Waals surface area (Å²) in [6.07, 6.45) is -3.61. The average Bonchev–Trinajstić information content (AvgIpc) is 2.51. The van der Waals surface area contributed by atoms with E-state index in [0.717, 1.165) is 18.2 Å². The standard InChI is InChI=1S/C17H21F3N2O4S/c1-3-6-14(23)22-10-9-16(22,2)15(24)21-27(25,26)11-12-7-4-5-8-13(12)17(18,19)20/h4-5,7-8H,3,6,9-11H2,1-2H3,(H,21,24). The molecule has 1 aromatic carbocycles. The lowest BCUT2D eigenvalue weighted by Crippen LogP contribution is -2.67. The fraction of sp³-hybridized carbons (Fsp3) is 0.529. The second-order valence-corrected chi connectivity index (χ2v) is 8.39. The van der Waals surface area contributed by atoms with Crippen molar-refractivity contribution in [3.05, 3.63) is 35.4 Å². The van der Waals surface area contributed by atoms with Crippen molar-refractivity contribution in [3.8, 4) is 0 Å². The summed E-state index contributed by atoms with van der Waals surface area (Å²) in [6.45, 7) is 3.58. The molecule has 0 radical (unpaired) electrons. The summed E-state index contributed by atoms with van der Waals surface area (Å²) in [5, 5.41) is 0. The van der Waals surface area contributed by atoms with Gasteiger partial charge >= 0.3 is 6.18 Å². The van der Waals surface area contributed by atoms with Gasteiger partial charge in [0.1, 0.15) is 5.54 Å². The van der Waals surface area contributed by atoms with Crippen LogP contribution in [0, 0.1) is 0 Å². The molecule has 0 aromatic heterocycles. The quantitative estimate of drug-likeness (QED) is 0.787. The Morgan fingerprint density at radius 2 is 1.89 bits per heavy atom. The van der Waals surface area contributed by atoms with Crippen LogP contribution in [-0.2, 0) is 31.5 Å². The summed E-state index contributed by atoms with van der Waals surface area (Å²) >= 11 is 0. The predicted molar refractivity (Wildman–Crippen MR) is 91.9 cm³/mol. The van der Waals surface area contributed by atoms with Crippen molar-refractivity contribution in [1.82, 2.24) is 9.62 Å². The molecule has 1 fully saturated rings. The second-order valence-electron chi connectivity index (χ2n) is 6.66. The van der Waals surface area contributed by atoms with E-state index in [2.05, 4.69) is 0 Å². The molecule has 0 bridgehead atoms. The molecule has 6 nitrogen and oxygen atoms in total. The van der Waals surface area contributed by atoms with Crippen molar-refractivity contribution >= 4 is 21.8 Å². The van der Waals surface area contributed by atoms with E-state index in [1.54, 1.807) is 6.92 Å². The molecule has 1 unspecified atom stereocenters. The molecule has 1 aromatic rings. The first-order valence-corrected chi connectivity index (χ1v) is 10.1. The Balaban J connectivity index is 2.16. The van der Waals surface area contributed by atoms with E-state index in [1.165, 1.54) is 17.9 Å². The van der Waals surface area contributed by atoms with E-state index < -0.39 is 44.5 Å². The number of sulfonamides is 1. The van der Waals surface area contributed by atoms with Crippen LogP contribution in [0.15, 0.2) is 24.3 Å². The van der Waals surface area contributed by atoms with Crippen molar-refractivity contribution < 1.29 is 31.2 Å². The lowest BCUT2D eigenvalue weighted by atomic mass is 9.85. The van der Waals surface area contributed by atoms with Crippen LogP contribution in [0.25, 0.3) is 0 Å². The first-order chi connectivity index (χ1) is 12.4. The van der Waals surface area contributed by atoms with Gasteiger partial charge in [0.05, 0.1) is 11.3 Å². The smallest absolute Gasteiger partial charge is 0.328 e. The van der Waals surface area contributed by atoms with Gasteiger partial charge in [-0.3, -0.25) is 14.3 Å². The number of carbonyl (C=O) groups excluding carboxylic acids is 2. The maximum atomic E-state index is 13.0. The normalized spacial score (nSPS) is 20.1. The summed E-state index contributed by atoms with van der Waals surface area (Å²) < 4.78 is 65.5. The molecule has 1 aliphatic rings. The number of rotatable bonds is 6. The molecule has 1 heterocycles. The van der Waals surface area contributed by atoms with Crippen LogP contribution in [0.4, 0.5) is 13.2 Å². The Hall–Kier alpha value is -2.10. The molecule has 0 spiro atoms. The Bertz CT molecular complexity index is 839. The number of halogens is 3. The number of alkyl halides is 3. The number of hydrogen-bond acceptors (Lipinski definition) is 4. The molecule has 1 N–H and O–H groups in total. The summed E-state index contributed by atoms with van der Waals surface area (Å²) in [7, 11) is -4.37. The van der Waals surface area contributed by atoms with Crippen LogP contribution in [0.5, 0.6) is 0 Å². The molecular formula is C17H21F3N2O4S. The maximum absolute atomic E-state index is 13.0. The van der Waals surface area contributed by atoms with Crippen LogP contribution in [0.1, 0.15) is 44.2 Å². The molecule has 0 saturated carbocycles. The van der Waals surface area contributed by atoms with Gasteiger partial charge < -0.3 is 4.90 Å². The average molecular weight is 406 g/mol. The van der Waals surface area contributed by atoms with Gasteiger partial charge in [0.25, 0.3) is 5.91 Å². The summed E-state index contributed by atoms with van der Waals surface area (Å²) in [6, 6.07) is 4.28. The van der Waals surface area contributed by atoms with Crippen LogP contribution < -0.4 is 4.72 Å². The zero-order chi connectivity index (χ0) is 20.5. The molecule has 2 rings (SSSR count). The van der Waals surface area contributed by atoms with E-state index in [4.69, 9.17) is 0 Å². The van der Waals surface area contributed by atoms with Crippen molar-refractivity contribution in [1.29, 1.82) is 0 Å². The Morgan fingerprint density at radius 1 is 1.26 bits per heavy atom. The molecule has 1 atom stereocenters. The van der Waals surface area contributed by atoms with Gasteiger partial charge in [0.15, 0.2) is 0 Å². The highest BCUT2D eigenvalue weighted by Crippen LogP contribution is 2.33. The maximum Gasteiger partial charge on any atom is 0.416 e. The van der Waals surface area contributed by atoms with Crippen LogP contribution in [0.3, 0.4) is 0 Å². The van der Waals surface area contributed by atoms with Crippen LogP contribution >= 0.6 is 0 Å². The monoisotopic (exact) mass is 406 g/mol. The number of hydrogen-bond donors (Lipinski definition) is 1. The van der Waals surface area contributed by atoms with Crippen molar-refractivity contribution in [2.75, 3.05) is 6.54 Å². The fourth-order valence-corrected chi connectivity index (χ4v) is 4.19. The van der Waals surface area contributed by atoms with Crippen LogP contribution in [-0.4, -0.2) is 37.2 Å². The minimum absolute atomic E-state index is 0.231. The Morgan fingerprint density at radius 3 is 2.41 bits per heavy atom. The highest BCUT2D eigenvalue weighted by atomic mass is 32.2. The number of carbonyl (C=O) groups is 2. The van der Waals surface area contributed by atoms with E-state index in [9.17, 15) is 31.2 Å². The zero-order valence-electron chi connectivity index (χ0n) is 15.0. The van der Waals surface area contributed by atoms with E-state index in [1.807, 2.05) is 4.72 Å². The minimum atomic E-state index is -4.71. The fourth-order valence-electron chi connectivity index (χ4n) is 2.96. The van der Waals surface area contributed by atoms with Crippen molar-refractivity contribution in [2.45, 2.75) is 50.6 Å². The number of amides is 2. The van der Waals surface area contributed by atoms with E-state index >= 15 is 0 Å². The summed E-state index contributed by atoms with van der Waals surface area (Å²) in [4.78, 5) is 25.8. The summed E-state index contributed by atoms with van der Waals surface area (Å²) in [5.41, 5.74) is -2.84. The molecule has 27 heavy (non-hydrogen) atoms. The highest BCUT2D eigenvalue weighted by molar-refractivity contribution is 7.89. The first-order valence-electron chi connectivity index (χ1n) is 8.41. The van der Waals surface area contributed by atoms with Crippen molar-refractivity contribution in [3.63, 3.8) is 0 Å². The van der Waals surface area contributed by atoms with E-state index in [0.29, 0.717) is 13.0 Å². The molecular weight excluding hydrogens is 385 g/mol. The van der Waals surface area contributed by atoms with Gasteiger partial charge in [0, 0.05) is 13.0 Å². The zero-order valence-corrected chi connectivity index (χ0v) is 15.8. The molecule has 150 valence electrons. The number of benzene rings is 1. The molecule has 10 heteroatoms. The predicted octanol–water partition coefficient (Wildman–Crippen LogP) is 2.44. The highest BCUT2D eigenvalue weighted by Gasteiger charge is 2.50. The van der Waals surface area contributed by atoms with Crippen molar-refractivity contribution in [2.24, 2.45) is 0 Å². The van der Waals surface area contributed by atoms with Gasteiger partial charge in [0.2, 0.25) is 15.9 Å². The molecule has 1 aliphatic heterocycles. The molecule has 0 aliphatic carbocycles. The molecule has 2 amide bonds. The topological polar surface area (TPSA) is 83.6 Å². The largest absolute Gasteiger partial charge is 0.416 e. The number of likely N-dealkylation sites (tertiary alicyclic amines) is 1. The third-order valence-electron chi connectivity index (χ3n) is 4.59. The lowest BCUT2D eigenvalue weighted by Gasteiger charge is -2.49. The number of nitrogens with zero attached hydrogens (tertiary/aromatic N) is 1. The Kier molecular flexibility index (Phi) is 5.88. The SMILES string of the molecule is CCCC(=O)N1CCC1(C)C(=O)NS(=O)(=O)Cc1ccccc1C(F)(F)F. The van der Waals surface area contributed by atoms with Gasteiger partial charge in [-0.25, -0.2) is 8.42 Å². The van der Waals surface area contributed by atoms with Gasteiger partial charge in [-0.15, -0.1) is 0 Å². The van der Waals surface area contributed by atoms with Gasteiger partial charge in [-0.05, 0) is 31.4 Å². The first kappa shape index (κ1) is 21.2. The second kappa shape index (κ2) is 7.49. The third kappa shape index (κ3) is 4.60. The Labute approximate surface area is 155 Å². The number of nitrogens with one attached hydrogen (secondary N) is 1. The van der Waals surface area contributed by atoms with Crippen LogP contribution in [0.2, 0.25) is 0 Å². The van der Waals surface area contributed by atoms with Gasteiger partial charge in [-0.1, -0.05) is 25.1 Å². The van der Waals surface area contributed by atoms with E-state index in [-0.39, 0.29) is 18.7 Å². The minimum Gasteiger partial charge on any atom is -0.328 e. The lowest BCUT2D eigenvalue weighted by molar-refractivity contribution is -0.156.